The van der Waals surface area contributed by atoms with Gasteiger partial charge in [-0.2, -0.15) is 5.10 Å². The molecule has 2 aliphatic heterocycles. The van der Waals surface area contributed by atoms with Crippen molar-refractivity contribution in [2.45, 2.75) is 12.8 Å². The highest BCUT2D eigenvalue weighted by atomic mass is 16.5. The highest BCUT2D eigenvalue weighted by molar-refractivity contribution is 5.94. The van der Waals surface area contributed by atoms with Crippen LogP contribution in [0.2, 0.25) is 0 Å². The summed E-state index contributed by atoms with van der Waals surface area (Å²) in [6.45, 7) is 7.09. The number of para-hydroxylation sites is 1. The van der Waals surface area contributed by atoms with Gasteiger partial charge in [-0.15, -0.1) is 0 Å². The number of ether oxygens (including phenoxy) is 1. The fraction of sp³-hybridized carbons (Fsp3) is 0.565. The molecule has 7 nitrogen and oxygen atoms in total. The van der Waals surface area contributed by atoms with E-state index in [-0.39, 0.29) is 11.3 Å². The molecule has 0 N–H and O–H groups in total. The Morgan fingerprint density at radius 2 is 2.03 bits per heavy atom. The molecule has 2 aromatic rings. The van der Waals surface area contributed by atoms with Crippen LogP contribution in [0, 0.1) is 5.41 Å². The minimum absolute atomic E-state index is 0.0200. The Labute approximate surface area is 179 Å². The van der Waals surface area contributed by atoms with E-state index in [0.717, 1.165) is 71.0 Å². The molecule has 3 heterocycles. The molecule has 0 unspecified atom stereocenters. The number of likely N-dealkylation sites (tertiary alicyclic amines) is 1. The molecule has 0 saturated carbocycles. The lowest BCUT2D eigenvalue weighted by atomic mass is 9.80. The van der Waals surface area contributed by atoms with Crippen LogP contribution < -0.4 is 0 Å². The van der Waals surface area contributed by atoms with Crippen molar-refractivity contribution in [1.29, 1.82) is 0 Å². The summed E-state index contributed by atoms with van der Waals surface area (Å²) < 4.78 is 7.78. The molecule has 1 spiro atoms. The molecule has 2 aliphatic rings. The third-order valence-corrected chi connectivity index (χ3v) is 6.18. The standard InChI is InChI=1S/C23H33N5O2/c1-25(2)11-12-26-13-14-30-19-23(17-26)9-6-10-27(18-23)22(29)20-15-24-28(16-20)21-7-4-3-5-8-21/h3-5,7-8,15-16H,6,9-14,17-19H2,1-2H3/t23-/m0/s1. The fourth-order valence-electron chi connectivity index (χ4n) is 4.58. The first-order valence-electron chi connectivity index (χ1n) is 10.9. The zero-order valence-electron chi connectivity index (χ0n) is 18.2. The van der Waals surface area contributed by atoms with Crippen molar-refractivity contribution in [1.82, 2.24) is 24.5 Å². The molecule has 0 bridgehead atoms. The quantitative estimate of drug-likeness (QED) is 0.753. The monoisotopic (exact) mass is 411 g/mol. The smallest absolute Gasteiger partial charge is 0.257 e. The van der Waals surface area contributed by atoms with Crippen LogP contribution in [0.15, 0.2) is 42.7 Å². The summed E-state index contributed by atoms with van der Waals surface area (Å²) in [6.07, 6.45) is 5.65. The molecule has 1 aromatic carbocycles. The van der Waals surface area contributed by atoms with Crippen molar-refractivity contribution in [3.8, 4) is 5.69 Å². The third-order valence-electron chi connectivity index (χ3n) is 6.18. The third kappa shape index (κ3) is 4.91. The van der Waals surface area contributed by atoms with Gasteiger partial charge in [0.25, 0.3) is 5.91 Å². The lowest BCUT2D eigenvalue weighted by Gasteiger charge is -2.43. The maximum absolute atomic E-state index is 13.3. The Bertz CT molecular complexity index is 837. The van der Waals surface area contributed by atoms with E-state index in [4.69, 9.17) is 4.74 Å². The molecule has 0 aliphatic carbocycles. The summed E-state index contributed by atoms with van der Waals surface area (Å²) in [5, 5.41) is 4.41. The van der Waals surface area contributed by atoms with Crippen molar-refractivity contribution in [2.75, 3.05) is 66.6 Å². The summed E-state index contributed by atoms with van der Waals surface area (Å²) in [4.78, 5) is 20.0. The number of amides is 1. The molecular formula is C23H33N5O2. The van der Waals surface area contributed by atoms with Crippen LogP contribution in [0.3, 0.4) is 0 Å². The average Bonchev–Trinajstić information content (AvgIpc) is 3.17. The summed E-state index contributed by atoms with van der Waals surface area (Å²) in [5.41, 5.74) is 1.63. The maximum Gasteiger partial charge on any atom is 0.257 e. The van der Waals surface area contributed by atoms with Gasteiger partial charge in [0.15, 0.2) is 0 Å². The second-order valence-electron chi connectivity index (χ2n) is 8.97. The topological polar surface area (TPSA) is 53.8 Å². The molecule has 1 atom stereocenters. The van der Waals surface area contributed by atoms with Crippen LogP contribution in [0.1, 0.15) is 23.2 Å². The van der Waals surface area contributed by atoms with E-state index in [1.807, 2.05) is 41.4 Å². The van der Waals surface area contributed by atoms with E-state index in [2.05, 4.69) is 29.0 Å². The van der Waals surface area contributed by atoms with Crippen LogP contribution in [-0.2, 0) is 4.74 Å². The van der Waals surface area contributed by atoms with Crippen molar-refractivity contribution < 1.29 is 9.53 Å². The number of rotatable bonds is 5. The van der Waals surface area contributed by atoms with Gasteiger partial charge in [0.1, 0.15) is 0 Å². The maximum atomic E-state index is 13.3. The second-order valence-corrected chi connectivity index (χ2v) is 8.97. The molecule has 30 heavy (non-hydrogen) atoms. The van der Waals surface area contributed by atoms with Gasteiger partial charge < -0.3 is 14.5 Å². The Hall–Kier alpha value is -2.22. The SMILES string of the molecule is CN(C)CCN1CCOC[C@@]2(CCCN(C(=O)c3cnn(-c4ccccc4)c3)C2)C1. The number of piperidine rings is 1. The lowest BCUT2D eigenvalue weighted by Crippen LogP contribution is -2.52. The molecular weight excluding hydrogens is 378 g/mol. The Balaban J connectivity index is 1.45. The number of carbonyl (C=O) groups excluding carboxylic acids is 1. The Morgan fingerprint density at radius 1 is 1.20 bits per heavy atom. The molecule has 0 radical (unpaired) electrons. The van der Waals surface area contributed by atoms with Crippen molar-refractivity contribution in [3.63, 3.8) is 0 Å². The fourth-order valence-corrected chi connectivity index (χ4v) is 4.58. The number of nitrogens with zero attached hydrogens (tertiary/aromatic N) is 5. The van der Waals surface area contributed by atoms with Gasteiger partial charge in [0.05, 0.1) is 30.7 Å². The summed E-state index contributed by atoms with van der Waals surface area (Å²) in [7, 11) is 4.22. The molecule has 1 amide bonds. The number of aromatic nitrogens is 2. The van der Waals surface area contributed by atoms with Gasteiger partial charge >= 0.3 is 0 Å². The molecule has 4 rings (SSSR count). The summed E-state index contributed by atoms with van der Waals surface area (Å²) in [5.74, 6) is 0.0698. The predicted octanol–water partition coefficient (Wildman–Crippen LogP) is 1.99. The van der Waals surface area contributed by atoms with Crippen LogP contribution in [0.25, 0.3) is 5.69 Å². The highest BCUT2D eigenvalue weighted by Gasteiger charge is 2.40. The van der Waals surface area contributed by atoms with Crippen molar-refractivity contribution in [2.24, 2.45) is 5.41 Å². The van der Waals surface area contributed by atoms with Crippen LogP contribution in [0.5, 0.6) is 0 Å². The molecule has 2 saturated heterocycles. The summed E-state index contributed by atoms with van der Waals surface area (Å²) >= 11 is 0. The van der Waals surface area contributed by atoms with Gasteiger partial charge in [0.2, 0.25) is 0 Å². The Morgan fingerprint density at radius 3 is 2.83 bits per heavy atom. The largest absolute Gasteiger partial charge is 0.379 e. The van der Waals surface area contributed by atoms with Gasteiger partial charge in [-0.25, -0.2) is 4.68 Å². The molecule has 2 fully saturated rings. The van der Waals surface area contributed by atoms with Gasteiger partial charge in [0, 0.05) is 50.9 Å². The van der Waals surface area contributed by atoms with Crippen LogP contribution in [-0.4, -0.2) is 97.0 Å². The first-order chi connectivity index (χ1) is 14.5. The molecule has 1 aromatic heterocycles. The zero-order valence-corrected chi connectivity index (χ0v) is 18.2. The minimum Gasteiger partial charge on any atom is -0.379 e. The van der Waals surface area contributed by atoms with Gasteiger partial charge in [-0.3, -0.25) is 9.69 Å². The van der Waals surface area contributed by atoms with E-state index in [9.17, 15) is 4.79 Å². The van der Waals surface area contributed by atoms with Gasteiger partial charge in [-0.1, -0.05) is 18.2 Å². The highest BCUT2D eigenvalue weighted by Crippen LogP contribution is 2.33. The minimum atomic E-state index is 0.0200. The lowest BCUT2D eigenvalue weighted by molar-refractivity contribution is 0.00717. The first kappa shape index (κ1) is 21.0. The van der Waals surface area contributed by atoms with Crippen LogP contribution in [0.4, 0.5) is 0 Å². The van der Waals surface area contributed by atoms with Crippen molar-refractivity contribution >= 4 is 5.91 Å². The van der Waals surface area contributed by atoms with Crippen LogP contribution >= 0.6 is 0 Å². The van der Waals surface area contributed by atoms with E-state index >= 15 is 0 Å². The number of carbonyl (C=O) groups is 1. The normalized spacial score (nSPS) is 23.1. The van der Waals surface area contributed by atoms with Gasteiger partial charge in [-0.05, 0) is 39.1 Å². The predicted molar refractivity (Wildman–Crippen MR) is 117 cm³/mol. The average molecular weight is 412 g/mol. The van der Waals surface area contributed by atoms with E-state index in [0.29, 0.717) is 5.56 Å². The first-order valence-corrected chi connectivity index (χ1v) is 10.9. The Kier molecular flexibility index (Phi) is 6.51. The number of hydrogen-bond donors (Lipinski definition) is 0. The van der Waals surface area contributed by atoms with E-state index in [1.54, 1.807) is 10.9 Å². The van der Waals surface area contributed by atoms with Crippen molar-refractivity contribution in [3.05, 3.63) is 48.3 Å². The zero-order chi connectivity index (χ0) is 21.0. The summed E-state index contributed by atoms with van der Waals surface area (Å²) in [6, 6.07) is 9.90. The molecule has 7 heteroatoms. The van der Waals surface area contributed by atoms with E-state index < -0.39 is 0 Å². The number of likely N-dealkylation sites (N-methyl/N-ethyl adjacent to an activating group) is 1. The molecule has 162 valence electrons. The number of benzene rings is 1. The number of hydrogen-bond acceptors (Lipinski definition) is 5. The van der Waals surface area contributed by atoms with E-state index in [1.165, 1.54) is 0 Å². The second kappa shape index (κ2) is 9.29.